The van der Waals surface area contributed by atoms with E-state index in [2.05, 4.69) is 15.9 Å². The van der Waals surface area contributed by atoms with Crippen LogP contribution in [-0.2, 0) is 0 Å². The molecule has 2 aliphatic heterocycles. The van der Waals surface area contributed by atoms with Crippen molar-refractivity contribution in [1.82, 2.24) is 5.01 Å². The van der Waals surface area contributed by atoms with Crippen LogP contribution < -0.4 is 14.2 Å². The van der Waals surface area contributed by atoms with Crippen molar-refractivity contribution in [3.63, 3.8) is 0 Å². The van der Waals surface area contributed by atoms with Crippen molar-refractivity contribution >= 4 is 33.2 Å². The molecule has 0 aromatic heterocycles. The van der Waals surface area contributed by atoms with Crippen molar-refractivity contribution in [3.8, 4) is 17.2 Å². The topological polar surface area (TPSA) is 43.3 Å². The highest BCUT2D eigenvalue weighted by molar-refractivity contribution is 9.10. The van der Waals surface area contributed by atoms with Gasteiger partial charge in [-0.1, -0.05) is 11.6 Å². The van der Waals surface area contributed by atoms with E-state index in [1.165, 1.54) is 0 Å². The van der Waals surface area contributed by atoms with Crippen LogP contribution in [0.4, 0.5) is 0 Å². The first-order chi connectivity index (χ1) is 15.1. The Labute approximate surface area is 194 Å². The highest BCUT2D eigenvalue weighted by Gasteiger charge is 2.41. The predicted molar refractivity (Wildman–Crippen MR) is 124 cm³/mol. The van der Waals surface area contributed by atoms with Gasteiger partial charge >= 0.3 is 0 Å². The van der Waals surface area contributed by atoms with Crippen molar-refractivity contribution in [2.45, 2.75) is 18.7 Å². The van der Waals surface area contributed by atoms with Crippen LogP contribution in [-0.4, -0.2) is 24.9 Å². The van der Waals surface area contributed by atoms with Gasteiger partial charge in [-0.25, -0.2) is 5.01 Å². The van der Waals surface area contributed by atoms with Crippen molar-refractivity contribution in [2.24, 2.45) is 5.10 Å². The highest BCUT2D eigenvalue weighted by atomic mass is 79.9. The lowest BCUT2D eigenvalue weighted by Crippen LogP contribution is -2.33. The van der Waals surface area contributed by atoms with Crippen molar-refractivity contribution in [1.29, 1.82) is 0 Å². The van der Waals surface area contributed by atoms with Crippen LogP contribution in [0.25, 0.3) is 0 Å². The first-order valence-electron chi connectivity index (χ1n) is 9.87. The van der Waals surface area contributed by atoms with Gasteiger partial charge in [-0.2, -0.15) is 5.10 Å². The maximum Gasteiger partial charge on any atom is 0.213 e. The molecule has 0 N–H and O–H groups in total. The Bertz CT molecular complexity index is 1170. The molecule has 0 aliphatic carbocycles. The predicted octanol–water partition coefficient (Wildman–Crippen LogP) is 6.36. The van der Waals surface area contributed by atoms with Crippen LogP contribution in [0.15, 0.2) is 70.2 Å². The molecule has 0 amide bonds. The monoisotopic (exact) mass is 498 g/mol. The van der Waals surface area contributed by atoms with Gasteiger partial charge in [-0.15, -0.1) is 0 Å². The van der Waals surface area contributed by atoms with Gasteiger partial charge in [0.1, 0.15) is 17.2 Å². The third-order valence-corrected chi connectivity index (χ3v) is 6.49. The van der Waals surface area contributed by atoms with E-state index in [1.54, 1.807) is 14.2 Å². The molecular formula is C24H20BrClN2O3. The summed E-state index contributed by atoms with van der Waals surface area (Å²) >= 11 is 9.90. The molecule has 31 heavy (non-hydrogen) atoms. The Morgan fingerprint density at radius 1 is 1.03 bits per heavy atom. The first-order valence-corrected chi connectivity index (χ1v) is 11.0. The molecule has 0 fully saturated rings. The second kappa shape index (κ2) is 8.09. The van der Waals surface area contributed by atoms with Crippen LogP contribution in [0.5, 0.6) is 17.2 Å². The molecule has 5 rings (SSSR count). The highest BCUT2D eigenvalue weighted by Crippen LogP contribution is 2.48. The van der Waals surface area contributed by atoms with Gasteiger partial charge in [0.15, 0.2) is 0 Å². The maximum atomic E-state index is 6.41. The zero-order chi connectivity index (χ0) is 21.5. The Morgan fingerprint density at radius 3 is 2.55 bits per heavy atom. The van der Waals surface area contributed by atoms with Gasteiger partial charge in [0.2, 0.25) is 6.23 Å². The zero-order valence-corrected chi connectivity index (χ0v) is 19.4. The number of hydrazone groups is 1. The number of fused-ring (bicyclic) bond motifs is 3. The standard InChI is InChI=1S/C24H20BrClN2O3/c1-29-17-7-3-14(4-8-17)20-13-21-18-12-16(26)6-10-22(18)31-24(28(21)27-20)15-5-9-23(30-2)19(25)11-15/h3-12,21,24H,13H2,1-2H3/t21-,24-/m1/s1. The molecule has 3 aromatic rings. The Hall–Kier alpha value is -2.70. The fourth-order valence-electron chi connectivity index (χ4n) is 4.07. The van der Waals surface area contributed by atoms with Gasteiger partial charge in [-0.05, 0) is 82.2 Å². The summed E-state index contributed by atoms with van der Waals surface area (Å²) in [6, 6.07) is 19.7. The quantitative estimate of drug-likeness (QED) is 0.419. The molecule has 2 aliphatic rings. The average Bonchev–Trinajstić information content (AvgIpc) is 3.24. The van der Waals surface area contributed by atoms with Crippen molar-refractivity contribution in [3.05, 3.63) is 86.8 Å². The third kappa shape index (κ3) is 3.64. The van der Waals surface area contributed by atoms with Crippen LogP contribution >= 0.6 is 27.5 Å². The van der Waals surface area contributed by atoms with Gasteiger partial charge in [0.25, 0.3) is 0 Å². The third-order valence-electron chi connectivity index (χ3n) is 5.64. The number of ether oxygens (including phenoxy) is 3. The van der Waals surface area contributed by atoms with E-state index in [4.69, 9.17) is 30.9 Å². The van der Waals surface area contributed by atoms with E-state index in [0.717, 1.165) is 50.5 Å². The lowest BCUT2D eigenvalue weighted by atomic mass is 9.96. The molecule has 2 heterocycles. The minimum Gasteiger partial charge on any atom is -0.497 e. The number of methoxy groups -OCH3 is 2. The fourth-order valence-corrected chi connectivity index (χ4v) is 4.81. The molecule has 5 nitrogen and oxygen atoms in total. The molecule has 2 atom stereocenters. The van der Waals surface area contributed by atoms with Crippen LogP contribution in [0, 0.1) is 0 Å². The van der Waals surface area contributed by atoms with E-state index < -0.39 is 0 Å². The van der Waals surface area contributed by atoms with Gasteiger partial charge in [-0.3, -0.25) is 0 Å². The van der Waals surface area contributed by atoms with Crippen molar-refractivity contribution in [2.75, 3.05) is 14.2 Å². The van der Waals surface area contributed by atoms with Gasteiger partial charge in [0.05, 0.1) is 30.4 Å². The summed E-state index contributed by atoms with van der Waals surface area (Å²) in [6.45, 7) is 0. The van der Waals surface area contributed by atoms with Crippen LogP contribution in [0.1, 0.15) is 35.4 Å². The minimum absolute atomic E-state index is 0.0328. The molecule has 7 heteroatoms. The number of hydrogen-bond donors (Lipinski definition) is 0. The molecule has 0 unspecified atom stereocenters. The zero-order valence-electron chi connectivity index (χ0n) is 17.0. The largest absolute Gasteiger partial charge is 0.497 e. The van der Waals surface area contributed by atoms with Crippen LogP contribution in [0.2, 0.25) is 5.02 Å². The number of halogens is 2. The SMILES string of the molecule is COc1ccc(C2=NN3[C@H](C2)c2cc(Cl)ccc2O[C@@H]3c2ccc(OC)c(Br)c2)cc1. The summed E-state index contributed by atoms with van der Waals surface area (Å²) in [5.41, 5.74) is 4.09. The summed E-state index contributed by atoms with van der Waals surface area (Å²) in [5, 5.41) is 7.71. The average molecular weight is 500 g/mol. The number of rotatable bonds is 4. The molecule has 0 saturated carbocycles. The van der Waals surface area contributed by atoms with E-state index in [9.17, 15) is 0 Å². The summed E-state index contributed by atoms with van der Waals surface area (Å²) in [6.07, 6.45) is 0.397. The minimum atomic E-state index is -0.364. The Balaban J connectivity index is 1.57. The number of nitrogens with zero attached hydrogens (tertiary/aromatic N) is 2. The molecule has 0 saturated heterocycles. The van der Waals surface area contributed by atoms with Crippen molar-refractivity contribution < 1.29 is 14.2 Å². The lowest BCUT2D eigenvalue weighted by Gasteiger charge is -2.38. The van der Waals surface area contributed by atoms with Gasteiger partial charge in [0, 0.05) is 22.6 Å². The molecule has 0 radical (unpaired) electrons. The fraction of sp³-hybridized carbons (Fsp3) is 0.208. The summed E-state index contributed by atoms with van der Waals surface area (Å²) in [4.78, 5) is 0. The normalized spacial score (nSPS) is 19.2. The number of hydrogen-bond acceptors (Lipinski definition) is 5. The molecule has 0 spiro atoms. The van der Waals surface area contributed by atoms with E-state index in [0.29, 0.717) is 5.02 Å². The van der Waals surface area contributed by atoms with Gasteiger partial charge < -0.3 is 14.2 Å². The maximum absolute atomic E-state index is 6.41. The Kier molecular flexibility index (Phi) is 5.28. The Morgan fingerprint density at radius 2 is 1.84 bits per heavy atom. The molecule has 158 valence electrons. The molecule has 3 aromatic carbocycles. The van der Waals surface area contributed by atoms with Crippen LogP contribution in [0.3, 0.4) is 0 Å². The summed E-state index contributed by atoms with van der Waals surface area (Å²) in [7, 11) is 3.32. The number of benzene rings is 3. The second-order valence-electron chi connectivity index (χ2n) is 7.42. The molecule has 0 bridgehead atoms. The van der Waals surface area contributed by atoms with E-state index in [-0.39, 0.29) is 12.3 Å². The van der Waals surface area contributed by atoms with E-state index >= 15 is 0 Å². The lowest BCUT2D eigenvalue weighted by molar-refractivity contribution is -0.0190. The first kappa shape index (κ1) is 20.2. The molecular weight excluding hydrogens is 480 g/mol. The summed E-state index contributed by atoms with van der Waals surface area (Å²) < 4.78 is 18.0. The second-order valence-corrected chi connectivity index (χ2v) is 8.71. The smallest absolute Gasteiger partial charge is 0.213 e. The van der Waals surface area contributed by atoms with E-state index in [1.807, 2.05) is 65.7 Å². The summed E-state index contributed by atoms with van der Waals surface area (Å²) in [5.74, 6) is 2.42.